The van der Waals surface area contributed by atoms with Crippen LogP contribution in [0.5, 0.6) is 0 Å². The Morgan fingerprint density at radius 2 is 2.30 bits per heavy atom. The van der Waals surface area contributed by atoms with Gasteiger partial charge in [-0.15, -0.1) is 5.10 Å². The van der Waals surface area contributed by atoms with Crippen LogP contribution in [0.4, 0.5) is 5.82 Å². The lowest BCUT2D eigenvalue weighted by molar-refractivity contribution is -0.128. The van der Waals surface area contributed by atoms with E-state index < -0.39 is 0 Å². The van der Waals surface area contributed by atoms with Gasteiger partial charge in [0.1, 0.15) is 6.61 Å². The van der Waals surface area contributed by atoms with Gasteiger partial charge in [0.05, 0.1) is 17.8 Å². The SMILES string of the molecule is COCC(=O)N[C@@H]1CN(c2ccc(C)nn2)C[C@@H]2CCCO[C@@H]21. The van der Waals surface area contributed by atoms with Crippen molar-refractivity contribution in [2.75, 3.05) is 38.3 Å². The Bertz CT molecular complexity index is 537. The molecule has 1 aromatic rings. The Morgan fingerprint density at radius 3 is 3.04 bits per heavy atom. The minimum atomic E-state index is -0.109. The average Bonchev–Trinajstić information content (AvgIpc) is 2.55. The van der Waals surface area contributed by atoms with Gasteiger partial charge in [-0.3, -0.25) is 4.79 Å². The van der Waals surface area contributed by atoms with E-state index in [9.17, 15) is 4.79 Å². The Kier molecular flexibility index (Phi) is 5.07. The molecular weight excluding hydrogens is 296 g/mol. The van der Waals surface area contributed by atoms with Crippen molar-refractivity contribution in [2.45, 2.75) is 31.9 Å². The summed E-state index contributed by atoms with van der Waals surface area (Å²) in [6.45, 7) is 4.32. The van der Waals surface area contributed by atoms with E-state index >= 15 is 0 Å². The van der Waals surface area contributed by atoms with Crippen molar-refractivity contribution in [3.05, 3.63) is 17.8 Å². The van der Waals surface area contributed by atoms with Gasteiger partial charge >= 0.3 is 0 Å². The molecule has 2 saturated heterocycles. The fourth-order valence-electron chi connectivity index (χ4n) is 3.46. The number of hydrogen-bond donors (Lipinski definition) is 1. The van der Waals surface area contributed by atoms with Crippen molar-refractivity contribution in [1.29, 1.82) is 0 Å². The largest absolute Gasteiger partial charge is 0.376 e. The maximum atomic E-state index is 11.9. The van der Waals surface area contributed by atoms with Crippen LogP contribution in [-0.4, -0.2) is 61.7 Å². The number of carbonyl (C=O) groups excluding carboxylic acids is 1. The topological polar surface area (TPSA) is 76.6 Å². The van der Waals surface area contributed by atoms with E-state index in [4.69, 9.17) is 9.47 Å². The monoisotopic (exact) mass is 320 g/mol. The zero-order chi connectivity index (χ0) is 16.2. The second kappa shape index (κ2) is 7.23. The Labute approximate surface area is 136 Å². The fraction of sp³-hybridized carbons (Fsp3) is 0.688. The lowest BCUT2D eigenvalue weighted by atomic mass is 9.85. The molecule has 7 nitrogen and oxygen atoms in total. The first-order valence-corrected chi connectivity index (χ1v) is 8.12. The summed E-state index contributed by atoms with van der Waals surface area (Å²) in [6.07, 6.45) is 2.24. The number of methoxy groups -OCH3 is 1. The summed E-state index contributed by atoms with van der Waals surface area (Å²) < 4.78 is 10.9. The molecular formula is C16H24N4O3. The molecule has 0 radical (unpaired) electrons. The molecule has 2 aliphatic heterocycles. The molecule has 7 heteroatoms. The van der Waals surface area contributed by atoms with E-state index in [1.807, 2.05) is 19.1 Å². The molecule has 3 heterocycles. The van der Waals surface area contributed by atoms with Gasteiger partial charge in [-0.05, 0) is 31.9 Å². The first-order valence-electron chi connectivity index (χ1n) is 8.12. The molecule has 1 amide bonds. The number of piperidine rings is 1. The molecule has 3 rings (SSSR count). The predicted molar refractivity (Wildman–Crippen MR) is 85.3 cm³/mol. The molecule has 0 aromatic carbocycles. The van der Waals surface area contributed by atoms with Crippen LogP contribution in [0.1, 0.15) is 18.5 Å². The number of carbonyl (C=O) groups is 1. The third kappa shape index (κ3) is 3.79. The minimum Gasteiger partial charge on any atom is -0.376 e. The number of hydrogen-bond acceptors (Lipinski definition) is 6. The molecule has 0 spiro atoms. The van der Waals surface area contributed by atoms with Gasteiger partial charge in [-0.25, -0.2) is 0 Å². The number of amides is 1. The van der Waals surface area contributed by atoms with Crippen LogP contribution >= 0.6 is 0 Å². The second-order valence-electron chi connectivity index (χ2n) is 6.28. The zero-order valence-electron chi connectivity index (χ0n) is 13.7. The van der Waals surface area contributed by atoms with Crippen LogP contribution < -0.4 is 10.2 Å². The lowest BCUT2D eigenvalue weighted by Gasteiger charge is -2.46. The van der Waals surface area contributed by atoms with Crippen molar-refractivity contribution >= 4 is 11.7 Å². The summed E-state index contributed by atoms with van der Waals surface area (Å²) in [7, 11) is 1.52. The van der Waals surface area contributed by atoms with E-state index in [-0.39, 0.29) is 24.7 Å². The number of fused-ring (bicyclic) bond motifs is 1. The quantitative estimate of drug-likeness (QED) is 0.872. The number of anilines is 1. The minimum absolute atomic E-state index is 0.0557. The molecule has 23 heavy (non-hydrogen) atoms. The summed E-state index contributed by atoms with van der Waals surface area (Å²) in [4.78, 5) is 14.1. The average molecular weight is 320 g/mol. The third-order valence-corrected chi connectivity index (χ3v) is 4.49. The van der Waals surface area contributed by atoms with E-state index in [1.54, 1.807) is 0 Å². The van der Waals surface area contributed by atoms with E-state index in [0.29, 0.717) is 12.5 Å². The van der Waals surface area contributed by atoms with E-state index in [1.165, 1.54) is 7.11 Å². The number of ether oxygens (including phenoxy) is 2. The highest BCUT2D eigenvalue weighted by molar-refractivity contribution is 5.77. The molecule has 126 valence electrons. The van der Waals surface area contributed by atoms with Gasteiger partial charge in [0.25, 0.3) is 0 Å². The summed E-state index contributed by atoms with van der Waals surface area (Å²) in [5.41, 5.74) is 0.898. The smallest absolute Gasteiger partial charge is 0.246 e. The van der Waals surface area contributed by atoms with Crippen molar-refractivity contribution < 1.29 is 14.3 Å². The van der Waals surface area contributed by atoms with E-state index in [2.05, 4.69) is 20.4 Å². The number of nitrogens with zero attached hydrogens (tertiary/aromatic N) is 3. The molecule has 0 aliphatic carbocycles. The van der Waals surface area contributed by atoms with Crippen molar-refractivity contribution in [2.24, 2.45) is 5.92 Å². The highest BCUT2D eigenvalue weighted by Gasteiger charge is 2.40. The van der Waals surface area contributed by atoms with Gasteiger partial charge in [-0.2, -0.15) is 5.10 Å². The maximum absolute atomic E-state index is 11.9. The highest BCUT2D eigenvalue weighted by atomic mass is 16.5. The van der Waals surface area contributed by atoms with Crippen LogP contribution in [0.15, 0.2) is 12.1 Å². The van der Waals surface area contributed by atoms with Crippen LogP contribution in [0.25, 0.3) is 0 Å². The second-order valence-corrected chi connectivity index (χ2v) is 6.28. The molecule has 3 atom stereocenters. The van der Waals surface area contributed by atoms with Crippen molar-refractivity contribution in [3.63, 3.8) is 0 Å². The number of nitrogens with one attached hydrogen (secondary N) is 1. The molecule has 1 aromatic heterocycles. The normalized spacial score (nSPS) is 27.4. The Morgan fingerprint density at radius 1 is 1.43 bits per heavy atom. The van der Waals surface area contributed by atoms with Gasteiger partial charge in [0, 0.05) is 32.7 Å². The summed E-state index contributed by atoms with van der Waals surface area (Å²) in [5, 5.41) is 11.5. The lowest BCUT2D eigenvalue weighted by Crippen LogP contribution is -2.61. The van der Waals surface area contributed by atoms with Crippen LogP contribution in [-0.2, 0) is 14.3 Å². The maximum Gasteiger partial charge on any atom is 0.246 e. The third-order valence-electron chi connectivity index (χ3n) is 4.49. The zero-order valence-corrected chi connectivity index (χ0v) is 13.7. The first-order chi connectivity index (χ1) is 11.2. The van der Waals surface area contributed by atoms with Crippen molar-refractivity contribution in [1.82, 2.24) is 15.5 Å². The van der Waals surface area contributed by atoms with Gasteiger partial charge in [0.15, 0.2) is 5.82 Å². The van der Waals surface area contributed by atoms with Gasteiger partial charge in [-0.1, -0.05) is 0 Å². The van der Waals surface area contributed by atoms with Crippen LogP contribution in [0.3, 0.4) is 0 Å². The Balaban J connectivity index is 1.75. The van der Waals surface area contributed by atoms with Crippen molar-refractivity contribution in [3.8, 4) is 0 Å². The molecule has 2 aliphatic rings. The standard InChI is InChI=1S/C16H24N4O3/c1-11-5-6-14(19-18-11)20-8-12-4-3-7-23-16(12)13(9-20)17-15(21)10-22-2/h5-6,12-13,16H,3-4,7-10H2,1-2H3,(H,17,21)/t12-,13+,16-/m0/s1. The molecule has 2 fully saturated rings. The predicted octanol–water partition coefficient (Wildman–Crippen LogP) is 0.531. The van der Waals surface area contributed by atoms with Gasteiger partial charge < -0.3 is 19.7 Å². The first kappa shape index (κ1) is 16.1. The number of aromatic nitrogens is 2. The molecule has 1 N–H and O–H groups in total. The fourth-order valence-corrected chi connectivity index (χ4v) is 3.46. The summed E-state index contributed by atoms with van der Waals surface area (Å²) in [5.74, 6) is 1.14. The van der Waals surface area contributed by atoms with Gasteiger partial charge in [0.2, 0.25) is 5.91 Å². The Hall–Kier alpha value is -1.73. The van der Waals surface area contributed by atoms with E-state index in [0.717, 1.165) is 37.5 Å². The molecule has 0 bridgehead atoms. The number of aryl methyl sites for hydroxylation is 1. The molecule has 0 saturated carbocycles. The highest BCUT2D eigenvalue weighted by Crippen LogP contribution is 2.30. The summed E-state index contributed by atoms with van der Waals surface area (Å²) in [6, 6.07) is 3.89. The molecule has 0 unspecified atom stereocenters. The van der Waals surface area contributed by atoms with Crippen LogP contribution in [0, 0.1) is 12.8 Å². The number of rotatable bonds is 4. The van der Waals surface area contributed by atoms with Crippen LogP contribution in [0.2, 0.25) is 0 Å². The summed E-state index contributed by atoms with van der Waals surface area (Å²) >= 11 is 0.